The van der Waals surface area contributed by atoms with Gasteiger partial charge in [-0.05, 0) is 11.5 Å². The SMILES string of the molecule is CC1CC(=O)NC1c1ccccc1. The molecule has 1 saturated heterocycles. The van der Waals surface area contributed by atoms with Crippen molar-refractivity contribution in [1.29, 1.82) is 0 Å². The Balaban J connectivity index is 2.23. The average Bonchev–Trinajstić information content (AvgIpc) is 2.47. The first-order chi connectivity index (χ1) is 6.27. The fourth-order valence-corrected chi connectivity index (χ4v) is 1.86. The molecule has 2 unspecified atom stereocenters. The molecule has 1 fully saturated rings. The average molecular weight is 175 g/mol. The van der Waals surface area contributed by atoms with Crippen LogP contribution in [0, 0.1) is 5.92 Å². The van der Waals surface area contributed by atoms with Crippen LogP contribution in [0.2, 0.25) is 0 Å². The van der Waals surface area contributed by atoms with Crippen molar-refractivity contribution in [3.8, 4) is 0 Å². The lowest BCUT2D eigenvalue weighted by molar-refractivity contribution is -0.119. The second-order valence-corrected chi connectivity index (χ2v) is 3.64. The zero-order valence-electron chi connectivity index (χ0n) is 7.66. The van der Waals surface area contributed by atoms with Gasteiger partial charge in [-0.15, -0.1) is 0 Å². The van der Waals surface area contributed by atoms with Gasteiger partial charge in [0.1, 0.15) is 0 Å². The molecule has 1 aliphatic rings. The molecular formula is C11H13NO. The van der Waals surface area contributed by atoms with E-state index in [9.17, 15) is 4.79 Å². The first-order valence-electron chi connectivity index (χ1n) is 4.61. The molecule has 0 spiro atoms. The summed E-state index contributed by atoms with van der Waals surface area (Å²) < 4.78 is 0. The Kier molecular flexibility index (Phi) is 2.05. The van der Waals surface area contributed by atoms with Crippen LogP contribution in [0.4, 0.5) is 0 Å². The van der Waals surface area contributed by atoms with Gasteiger partial charge in [-0.1, -0.05) is 37.3 Å². The Bertz CT molecular complexity index is 307. The van der Waals surface area contributed by atoms with Crippen LogP contribution in [0.1, 0.15) is 24.9 Å². The summed E-state index contributed by atoms with van der Waals surface area (Å²) in [6, 6.07) is 10.3. The fraction of sp³-hybridized carbons (Fsp3) is 0.364. The normalized spacial score (nSPS) is 27.3. The van der Waals surface area contributed by atoms with Crippen LogP contribution in [-0.4, -0.2) is 5.91 Å². The maximum atomic E-state index is 11.1. The quantitative estimate of drug-likeness (QED) is 0.693. The highest BCUT2D eigenvalue weighted by Gasteiger charge is 2.29. The van der Waals surface area contributed by atoms with E-state index >= 15 is 0 Å². The molecule has 2 nitrogen and oxygen atoms in total. The molecule has 2 atom stereocenters. The lowest BCUT2D eigenvalue weighted by atomic mass is 9.96. The molecule has 1 heterocycles. The second-order valence-electron chi connectivity index (χ2n) is 3.64. The van der Waals surface area contributed by atoms with Gasteiger partial charge in [0, 0.05) is 6.42 Å². The number of rotatable bonds is 1. The van der Waals surface area contributed by atoms with Crippen molar-refractivity contribution in [3.63, 3.8) is 0 Å². The van der Waals surface area contributed by atoms with E-state index in [0.717, 1.165) is 0 Å². The van der Waals surface area contributed by atoms with Crippen molar-refractivity contribution in [1.82, 2.24) is 5.32 Å². The molecule has 0 aromatic heterocycles. The van der Waals surface area contributed by atoms with Crippen LogP contribution in [0.5, 0.6) is 0 Å². The number of carbonyl (C=O) groups is 1. The number of benzene rings is 1. The standard InChI is InChI=1S/C11H13NO/c1-8-7-10(13)12-11(8)9-5-3-2-4-6-9/h2-6,8,11H,7H2,1H3,(H,12,13). The predicted octanol–water partition coefficient (Wildman–Crippen LogP) is 1.88. The van der Waals surface area contributed by atoms with Gasteiger partial charge in [-0.25, -0.2) is 0 Å². The minimum Gasteiger partial charge on any atom is -0.349 e. The molecule has 1 aliphatic heterocycles. The van der Waals surface area contributed by atoms with E-state index in [1.54, 1.807) is 0 Å². The van der Waals surface area contributed by atoms with Crippen molar-refractivity contribution >= 4 is 5.91 Å². The lowest BCUT2D eigenvalue weighted by Gasteiger charge is -2.14. The predicted molar refractivity (Wildman–Crippen MR) is 51.1 cm³/mol. The number of hydrogen-bond acceptors (Lipinski definition) is 1. The van der Waals surface area contributed by atoms with E-state index in [4.69, 9.17) is 0 Å². The minimum absolute atomic E-state index is 0.168. The fourth-order valence-electron chi connectivity index (χ4n) is 1.86. The molecule has 1 amide bonds. The van der Waals surface area contributed by atoms with Crippen molar-refractivity contribution in [2.45, 2.75) is 19.4 Å². The van der Waals surface area contributed by atoms with Crippen molar-refractivity contribution in [3.05, 3.63) is 35.9 Å². The van der Waals surface area contributed by atoms with Gasteiger partial charge in [0.2, 0.25) is 5.91 Å². The van der Waals surface area contributed by atoms with Crippen LogP contribution in [0.25, 0.3) is 0 Å². The van der Waals surface area contributed by atoms with E-state index in [2.05, 4.69) is 24.4 Å². The smallest absolute Gasteiger partial charge is 0.220 e. The first-order valence-corrected chi connectivity index (χ1v) is 4.61. The zero-order chi connectivity index (χ0) is 9.26. The summed E-state index contributed by atoms with van der Waals surface area (Å²) in [4.78, 5) is 11.1. The molecule has 1 aromatic rings. The van der Waals surface area contributed by atoms with Gasteiger partial charge in [-0.3, -0.25) is 4.79 Å². The Labute approximate surface area is 78.0 Å². The minimum atomic E-state index is 0.168. The third-order valence-corrected chi connectivity index (χ3v) is 2.55. The molecule has 0 bridgehead atoms. The molecule has 2 heteroatoms. The Morgan fingerprint density at radius 1 is 1.31 bits per heavy atom. The van der Waals surface area contributed by atoms with E-state index in [0.29, 0.717) is 12.3 Å². The van der Waals surface area contributed by atoms with Crippen LogP contribution in [0.15, 0.2) is 30.3 Å². The van der Waals surface area contributed by atoms with Gasteiger partial charge in [0.15, 0.2) is 0 Å². The summed E-state index contributed by atoms with van der Waals surface area (Å²) in [5.41, 5.74) is 1.21. The summed E-state index contributed by atoms with van der Waals surface area (Å²) in [5, 5.41) is 2.98. The number of amides is 1. The highest BCUT2D eigenvalue weighted by atomic mass is 16.1. The van der Waals surface area contributed by atoms with E-state index < -0.39 is 0 Å². The summed E-state index contributed by atoms with van der Waals surface area (Å²) >= 11 is 0. The molecule has 13 heavy (non-hydrogen) atoms. The van der Waals surface area contributed by atoms with Crippen molar-refractivity contribution < 1.29 is 4.79 Å². The number of carbonyl (C=O) groups excluding carboxylic acids is 1. The van der Waals surface area contributed by atoms with Crippen molar-refractivity contribution in [2.75, 3.05) is 0 Å². The summed E-state index contributed by atoms with van der Waals surface area (Å²) in [7, 11) is 0. The van der Waals surface area contributed by atoms with Crippen LogP contribution in [0.3, 0.4) is 0 Å². The van der Waals surface area contributed by atoms with Gasteiger partial charge in [-0.2, -0.15) is 0 Å². The van der Waals surface area contributed by atoms with Crippen LogP contribution < -0.4 is 5.32 Å². The van der Waals surface area contributed by atoms with Gasteiger partial charge < -0.3 is 5.32 Å². The van der Waals surface area contributed by atoms with Crippen LogP contribution >= 0.6 is 0 Å². The molecule has 0 aliphatic carbocycles. The first kappa shape index (κ1) is 8.30. The third kappa shape index (κ3) is 1.57. The molecule has 1 aromatic carbocycles. The summed E-state index contributed by atoms with van der Waals surface area (Å²) in [6.45, 7) is 2.11. The Morgan fingerprint density at radius 2 is 2.00 bits per heavy atom. The third-order valence-electron chi connectivity index (χ3n) is 2.55. The molecule has 0 saturated carbocycles. The van der Waals surface area contributed by atoms with E-state index in [-0.39, 0.29) is 11.9 Å². The summed E-state index contributed by atoms with van der Waals surface area (Å²) in [5.74, 6) is 0.580. The molecular weight excluding hydrogens is 162 g/mol. The molecule has 1 N–H and O–H groups in total. The topological polar surface area (TPSA) is 29.1 Å². The lowest BCUT2D eigenvalue weighted by Crippen LogP contribution is -2.19. The molecule has 0 radical (unpaired) electrons. The number of nitrogens with one attached hydrogen (secondary N) is 1. The monoisotopic (exact) mass is 175 g/mol. The molecule has 2 rings (SSSR count). The van der Waals surface area contributed by atoms with E-state index in [1.165, 1.54) is 5.56 Å². The molecule has 68 valence electrons. The van der Waals surface area contributed by atoms with E-state index in [1.807, 2.05) is 18.2 Å². The maximum absolute atomic E-state index is 11.1. The highest BCUT2D eigenvalue weighted by Crippen LogP contribution is 2.29. The Hall–Kier alpha value is -1.31. The van der Waals surface area contributed by atoms with Crippen LogP contribution in [-0.2, 0) is 4.79 Å². The zero-order valence-corrected chi connectivity index (χ0v) is 7.66. The largest absolute Gasteiger partial charge is 0.349 e. The Morgan fingerprint density at radius 3 is 2.54 bits per heavy atom. The number of hydrogen-bond donors (Lipinski definition) is 1. The van der Waals surface area contributed by atoms with Crippen molar-refractivity contribution in [2.24, 2.45) is 5.92 Å². The van der Waals surface area contributed by atoms with Gasteiger partial charge >= 0.3 is 0 Å². The van der Waals surface area contributed by atoms with Gasteiger partial charge in [0.05, 0.1) is 6.04 Å². The highest BCUT2D eigenvalue weighted by molar-refractivity contribution is 5.79. The van der Waals surface area contributed by atoms with Gasteiger partial charge in [0.25, 0.3) is 0 Å². The summed E-state index contributed by atoms with van der Waals surface area (Å²) in [6.07, 6.45) is 0.652. The maximum Gasteiger partial charge on any atom is 0.220 e. The second kappa shape index (κ2) is 3.21.